The van der Waals surface area contributed by atoms with Crippen molar-refractivity contribution in [2.45, 2.75) is 19.4 Å². The van der Waals surface area contributed by atoms with Crippen molar-refractivity contribution in [2.75, 3.05) is 24.6 Å². The standard InChI is InChI=1S/C12H18N4O/c1-2-9-8-16(5-6-17-9)11-7-15-4-3-10(11)12(13)14/h3-4,7,9H,2,5-6,8H2,1H3,(H3,13,14). The van der Waals surface area contributed by atoms with Crippen molar-refractivity contribution >= 4 is 11.5 Å². The predicted molar refractivity (Wildman–Crippen MR) is 67.5 cm³/mol. The molecule has 2 heterocycles. The first-order valence-electron chi connectivity index (χ1n) is 5.87. The van der Waals surface area contributed by atoms with Gasteiger partial charge in [0.15, 0.2) is 0 Å². The van der Waals surface area contributed by atoms with Gasteiger partial charge in [0.05, 0.1) is 24.6 Å². The van der Waals surface area contributed by atoms with Crippen LogP contribution in [0.25, 0.3) is 0 Å². The van der Waals surface area contributed by atoms with Gasteiger partial charge >= 0.3 is 0 Å². The number of nitrogens with zero attached hydrogens (tertiary/aromatic N) is 2. The molecular weight excluding hydrogens is 216 g/mol. The molecule has 0 amide bonds. The molecule has 17 heavy (non-hydrogen) atoms. The number of morpholine rings is 1. The number of aromatic nitrogens is 1. The number of amidine groups is 1. The summed E-state index contributed by atoms with van der Waals surface area (Å²) in [6, 6.07) is 1.79. The van der Waals surface area contributed by atoms with E-state index in [2.05, 4.69) is 16.8 Å². The summed E-state index contributed by atoms with van der Waals surface area (Å²) < 4.78 is 5.63. The van der Waals surface area contributed by atoms with E-state index >= 15 is 0 Å². The highest BCUT2D eigenvalue weighted by molar-refractivity contribution is 6.00. The monoisotopic (exact) mass is 234 g/mol. The molecule has 5 nitrogen and oxygen atoms in total. The molecule has 1 unspecified atom stereocenters. The summed E-state index contributed by atoms with van der Waals surface area (Å²) in [4.78, 5) is 6.31. The van der Waals surface area contributed by atoms with Crippen LogP contribution in [0, 0.1) is 5.41 Å². The Balaban J connectivity index is 2.24. The zero-order valence-corrected chi connectivity index (χ0v) is 10.0. The summed E-state index contributed by atoms with van der Waals surface area (Å²) in [5.41, 5.74) is 7.27. The van der Waals surface area contributed by atoms with Gasteiger partial charge in [0.2, 0.25) is 0 Å². The number of pyridine rings is 1. The van der Waals surface area contributed by atoms with Gasteiger partial charge in [0.25, 0.3) is 0 Å². The molecule has 0 spiro atoms. The van der Waals surface area contributed by atoms with Gasteiger partial charge in [-0.25, -0.2) is 0 Å². The molecule has 1 aromatic heterocycles. The molecule has 0 aromatic carbocycles. The number of anilines is 1. The lowest BCUT2D eigenvalue weighted by atomic mass is 10.1. The third-order valence-electron chi connectivity index (χ3n) is 3.03. The zero-order valence-electron chi connectivity index (χ0n) is 10.0. The molecule has 0 bridgehead atoms. The van der Waals surface area contributed by atoms with Gasteiger partial charge in [-0.15, -0.1) is 0 Å². The number of hydrogen-bond donors (Lipinski definition) is 2. The van der Waals surface area contributed by atoms with Gasteiger partial charge in [-0.05, 0) is 12.5 Å². The Hall–Kier alpha value is -1.62. The van der Waals surface area contributed by atoms with E-state index in [0.29, 0.717) is 6.61 Å². The topological polar surface area (TPSA) is 75.2 Å². The van der Waals surface area contributed by atoms with E-state index in [1.54, 1.807) is 18.5 Å². The second-order valence-corrected chi connectivity index (χ2v) is 4.15. The van der Waals surface area contributed by atoms with Crippen LogP contribution < -0.4 is 10.6 Å². The molecule has 1 fully saturated rings. The smallest absolute Gasteiger partial charge is 0.125 e. The summed E-state index contributed by atoms with van der Waals surface area (Å²) >= 11 is 0. The minimum Gasteiger partial charge on any atom is -0.384 e. The SMILES string of the molecule is CCC1CN(c2cnccc2C(=N)N)CCO1. The molecule has 1 aromatic rings. The van der Waals surface area contributed by atoms with E-state index in [-0.39, 0.29) is 11.9 Å². The quantitative estimate of drug-likeness (QED) is 0.604. The minimum absolute atomic E-state index is 0.0851. The van der Waals surface area contributed by atoms with E-state index in [0.717, 1.165) is 30.8 Å². The highest BCUT2D eigenvalue weighted by atomic mass is 16.5. The number of nitrogens with one attached hydrogen (secondary N) is 1. The first-order chi connectivity index (χ1) is 8.22. The van der Waals surface area contributed by atoms with E-state index in [1.807, 2.05) is 0 Å². The van der Waals surface area contributed by atoms with Crippen LogP contribution in [-0.2, 0) is 4.74 Å². The van der Waals surface area contributed by atoms with E-state index in [9.17, 15) is 0 Å². The second-order valence-electron chi connectivity index (χ2n) is 4.15. The lowest BCUT2D eigenvalue weighted by Gasteiger charge is -2.34. The highest BCUT2D eigenvalue weighted by Gasteiger charge is 2.21. The summed E-state index contributed by atoms with van der Waals surface area (Å²) in [7, 11) is 0. The van der Waals surface area contributed by atoms with E-state index in [4.69, 9.17) is 15.9 Å². The molecule has 1 saturated heterocycles. The largest absolute Gasteiger partial charge is 0.384 e. The second kappa shape index (κ2) is 5.14. The predicted octanol–water partition coefficient (Wildman–Crippen LogP) is 0.981. The normalized spacial score (nSPS) is 20.3. The number of nitrogens with two attached hydrogens (primary N) is 1. The van der Waals surface area contributed by atoms with Gasteiger partial charge in [0.1, 0.15) is 5.84 Å². The molecule has 5 heteroatoms. The molecule has 2 rings (SSSR count). The van der Waals surface area contributed by atoms with Crippen LogP contribution >= 0.6 is 0 Å². The Bertz CT molecular complexity index is 407. The molecule has 1 atom stereocenters. The van der Waals surface area contributed by atoms with Gasteiger partial charge in [-0.2, -0.15) is 0 Å². The van der Waals surface area contributed by atoms with Crippen molar-refractivity contribution < 1.29 is 4.74 Å². The van der Waals surface area contributed by atoms with E-state index in [1.165, 1.54) is 0 Å². The minimum atomic E-state index is 0.0851. The lowest BCUT2D eigenvalue weighted by molar-refractivity contribution is 0.0384. The van der Waals surface area contributed by atoms with Crippen molar-refractivity contribution in [3.05, 3.63) is 24.0 Å². The number of ether oxygens (including phenoxy) is 1. The van der Waals surface area contributed by atoms with Gasteiger partial charge in [-0.1, -0.05) is 6.92 Å². The van der Waals surface area contributed by atoms with Crippen LogP contribution in [0.15, 0.2) is 18.5 Å². The van der Waals surface area contributed by atoms with Gasteiger partial charge < -0.3 is 15.4 Å². The fourth-order valence-electron chi connectivity index (χ4n) is 2.05. The third-order valence-corrected chi connectivity index (χ3v) is 3.03. The zero-order chi connectivity index (χ0) is 12.3. The Morgan fingerprint density at radius 2 is 2.53 bits per heavy atom. The lowest BCUT2D eigenvalue weighted by Crippen LogP contribution is -2.43. The average Bonchev–Trinajstić information content (AvgIpc) is 2.39. The summed E-state index contributed by atoms with van der Waals surface area (Å²) in [6.07, 6.45) is 4.68. The van der Waals surface area contributed by atoms with Crippen molar-refractivity contribution in [2.24, 2.45) is 5.73 Å². The van der Waals surface area contributed by atoms with Gasteiger partial charge in [0, 0.05) is 24.8 Å². The van der Waals surface area contributed by atoms with Crippen molar-refractivity contribution in [3.63, 3.8) is 0 Å². The van der Waals surface area contributed by atoms with E-state index < -0.39 is 0 Å². The number of hydrogen-bond acceptors (Lipinski definition) is 4. The van der Waals surface area contributed by atoms with Crippen LogP contribution in [0.3, 0.4) is 0 Å². The van der Waals surface area contributed by atoms with Crippen molar-refractivity contribution in [1.29, 1.82) is 5.41 Å². The average molecular weight is 234 g/mol. The maximum atomic E-state index is 7.58. The van der Waals surface area contributed by atoms with Crippen LogP contribution in [0.4, 0.5) is 5.69 Å². The first kappa shape index (κ1) is 11.9. The maximum absolute atomic E-state index is 7.58. The molecule has 0 saturated carbocycles. The number of rotatable bonds is 3. The molecule has 1 aliphatic rings. The Morgan fingerprint density at radius 1 is 1.71 bits per heavy atom. The third kappa shape index (κ3) is 2.55. The fourth-order valence-corrected chi connectivity index (χ4v) is 2.05. The first-order valence-corrected chi connectivity index (χ1v) is 5.87. The fraction of sp³-hybridized carbons (Fsp3) is 0.500. The molecule has 3 N–H and O–H groups in total. The number of nitrogen functional groups attached to an aromatic ring is 1. The van der Waals surface area contributed by atoms with Crippen LogP contribution in [0.1, 0.15) is 18.9 Å². The van der Waals surface area contributed by atoms with Crippen LogP contribution in [0.5, 0.6) is 0 Å². The molecule has 0 radical (unpaired) electrons. The maximum Gasteiger partial charge on any atom is 0.125 e. The Morgan fingerprint density at radius 3 is 3.24 bits per heavy atom. The molecule has 1 aliphatic heterocycles. The Kier molecular flexibility index (Phi) is 3.58. The van der Waals surface area contributed by atoms with Crippen LogP contribution in [0.2, 0.25) is 0 Å². The van der Waals surface area contributed by atoms with Gasteiger partial charge in [-0.3, -0.25) is 10.4 Å². The molecule has 92 valence electrons. The van der Waals surface area contributed by atoms with Crippen molar-refractivity contribution in [1.82, 2.24) is 4.98 Å². The Labute approximate surface area is 101 Å². The summed E-state index contributed by atoms with van der Waals surface area (Å²) in [6.45, 7) is 4.49. The highest BCUT2D eigenvalue weighted by Crippen LogP contribution is 2.21. The molecular formula is C12H18N4O. The summed E-state index contributed by atoms with van der Waals surface area (Å²) in [5.74, 6) is 0.0851. The van der Waals surface area contributed by atoms with Crippen LogP contribution in [-0.4, -0.2) is 36.6 Å². The summed E-state index contributed by atoms with van der Waals surface area (Å²) in [5, 5.41) is 7.58. The van der Waals surface area contributed by atoms with Crippen molar-refractivity contribution in [3.8, 4) is 0 Å². The molecule has 0 aliphatic carbocycles.